The van der Waals surface area contributed by atoms with Crippen molar-refractivity contribution >= 4 is 17.9 Å². The molecule has 0 saturated carbocycles. The van der Waals surface area contributed by atoms with Crippen molar-refractivity contribution in [1.29, 1.82) is 0 Å². The van der Waals surface area contributed by atoms with Gasteiger partial charge in [0.25, 0.3) is 0 Å². The number of rotatable bonds is 48. The molecular weight excluding hydrogens is 733 g/mol. The number of unbranched alkanes of at least 4 members (excludes halogenated alkanes) is 35. The largest absolute Gasteiger partial charge is 0.462 e. The van der Waals surface area contributed by atoms with Crippen LogP contribution in [0.4, 0.5) is 0 Å². The Morgan fingerprint density at radius 2 is 0.559 bits per heavy atom. The lowest BCUT2D eigenvalue weighted by molar-refractivity contribution is -0.167. The van der Waals surface area contributed by atoms with Gasteiger partial charge in [-0.25, -0.2) is 0 Å². The third kappa shape index (κ3) is 47.3. The number of esters is 3. The molecule has 0 spiro atoms. The summed E-state index contributed by atoms with van der Waals surface area (Å²) in [7, 11) is 0. The Morgan fingerprint density at radius 1 is 0.322 bits per heavy atom. The third-order valence-corrected chi connectivity index (χ3v) is 12.0. The molecule has 0 aliphatic heterocycles. The lowest BCUT2D eigenvalue weighted by atomic mass is 10.0. The molecule has 0 radical (unpaired) electrons. The summed E-state index contributed by atoms with van der Waals surface area (Å²) in [6.45, 7) is 9.03. The zero-order chi connectivity index (χ0) is 43.1. The van der Waals surface area contributed by atoms with Crippen molar-refractivity contribution in [3.05, 3.63) is 0 Å². The molecule has 6 nitrogen and oxygen atoms in total. The van der Waals surface area contributed by atoms with E-state index < -0.39 is 6.10 Å². The van der Waals surface area contributed by atoms with Gasteiger partial charge >= 0.3 is 17.9 Å². The van der Waals surface area contributed by atoms with Crippen LogP contribution >= 0.6 is 0 Å². The van der Waals surface area contributed by atoms with Gasteiger partial charge in [0.2, 0.25) is 0 Å². The van der Waals surface area contributed by atoms with Gasteiger partial charge in [-0.2, -0.15) is 0 Å². The smallest absolute Gasteiger partial charge is 0.306 e. The Kier molecular flexibility index (Phi) is 46.2. The first-order valence-corrected chi connectivity index (χ1v) is 26.4. The molecule has 0 fully saturated rings. The Bertz CT molecular complexity index is 887. The molecule has 0 bridgehead atoms. The van der Waals surface area contributed by atoms with Crippen molar-refractivity contribution in [1.82, 2.24) is 0 Å². The van der Waals surface area contributed by atoms with Gasteiger partial charge in [-0.15, -0.1) is 0 Å². The van der Waals surface area contributed by atoms with Crippen LogP contribution in [0.5, 0.6) is 0 Å². The maximum absolute atomic E-state index is 12.8. The van der Waals surface area contributed by atoms with Crippen molar-refractivity contribution in [2.45, 2.75) is 303 Å². The molecule has 0 heterocycles. The lowest BCUT2D eigenvalue weighted by Gasteiger charge is -2.18. The average Bonchev–Trinajstić information content (AvgIpc) is 3.22. The van der Waals surface area contributed by atoms with E-state index in [0.29, 0.717) is 19.3 Å². The van der Waals surface area contributed by atoms with Crippen LogP contribution in [0.1, 0.15) is 297 Å². The molecule has 0 aromatic heterocycles. The van der Waals surface area contributed by atoms with Crippen molar-refractivity contribution in [3.8, 4) is 0 Å². The molecule has 0 aromatic rings. The molecule has 0 aromatic carbocycles. The topological polar surface area (TPSA) is 78.9 Å². The Hall–Kier alpha value is -1.59. The van der Waals surface area contributed by atoms with Gasteiger partial charge < -0.3 is 14.2 Å². The van der Waals surface area contributed by atoms with Crippen LogP contribution in [-0.4, -0.2) is 37.2 Å². The van der Waals surface area contributed by atoms with E-state index in [1.807, 2.05) is 0 Å². The van der Waals surface area contributed by atoms with Crippen LogP contribution in [0.2, 0.25) is 0 Å². The van der Waals surface area contributed by atoms with Crippen molar-refractivity contribution < 1.29 is 28.6 Å². The first-order valence-electron chi connectivity index (χ1n) is 26.4. The molecule has 0 aliphatic carbocycles. The van der Waals surface area contributed by atoms with E-state index in [0.717, 1.165) is 63.7 Å². The molecule has 1 atom stereocenters. The zero-order valence-electron chi connectivity index (χ0n) is 40.2. The highest BCUT2D eigenvalue weighted by Crippen LogP contribution is 2.17. The van der Waals surface area contributed by atoms with Gasteiger partial charge in [0.15, 0.2) is 6.10 Å². The maximum Gasteiger partial charge on any atom is 0.306 e. The molecule has 350 valence electrons. The molecule has 0 rings (SSSR count). The van der Waals surface area contributed by atoms with Crippen LogP contribution in [0.3, 0.4) is 0 Å². The molecule has 59 heavy (non-hydrogen) atoms. The van der Waals surface area contributed by atoms with Gasteiger partial charge in [-0.3, -0.25) is 14.4 Å². The van der Waals surface area contributed by atoms with Gasteiger partial charge in [0.05, 0.1) is 0 Å². The summed E-state index contributed by atoms with van der Waals surface area (Å²) in [6.07, 6.45) is 49.4. The minimum absolute atomic E-state index is 0.0625. The summed E-state index contributed by atoms with van der Waals surface area (Å²) < 4.78 is 16.8. The maximum atomic E-state index is 12.8. The summed E-state index contributed by atoms with van der Waals surface area (Å²) in [5.41, 5.74) is 0. The van der Waals surface area contributed by atoms with E-state index in [-0.39, 0.29) is 31.1 Å². The van der Waals surface area contributed by atoms with E-state index in [4.69, 9.17) is 14.2 Å². The minimum atomic E-state index is -0.760. The van der Waals surface area contributed by atoms with Gasteiger partial charge in [-0.05, 0) is 25.2 Å². The lowest BCUT2D eigenvalue weighted by Crippen LogP contribution is -2.30. The van der Waals surface area contributed by atoms with Crippen LogP contribution < -0.4 is 0 Å². The second-order valence-electron chi connectivity index (χ2n) is 18.6. The predicted molar refractivity (Wildman–Crippen MR) is 252 cm³/mol. The second-order valence-corrected chi connectivity index (χ2v) is 18.6. The van der Waals surface area contributed by atoms with Gasteiger partial charge in [0.1, 0.15) is 13.2 Å². The zero-order valence-corrected chi connectivity index (χ0v) is 40.2. The molecule has 0 amide bonds. The number of carbonyl (C=O) groups excluding carboxylic acids is 3. The predicted octanol–water partition coefficient (Wildman–Crippen LogP) is 17.1. The Labute approximate surface area is 368 Å². The first kappa shape index (κ1) is 57.4. The molecule has 0 saturated heterocycles. The van der Waals surface area contributed by atoms with Crippen molar-refractivity contribution in [2.24, 2.45) is 5.92 Å². The van der Waals surface area contributed by atoms with Crippen LogP contribution in [0.25, 0.3) is 0 Å². The van der Waals surface area contributed by atoms with Crippen molar-refractivity contribution in [2.75, 3.05) is 13.2 Å². The molecule has 0 aliphatic rings. The second kappa shape index (κ2) is 47.5. The number of carbonyl (C=O) groups is 3. The monoisotopic (exact) mass is 835 g/mol. The highest BCUT2D eigenvalue weighted by molar-refractivity contribution is 5.71. The van der Waals surface area contributed by atoms with E-state index in [9.17, 15) is 14.4 Å². The van der Waals surface area contributed by atoms with Crippen LogP contribution in [0, 0.1) is 5.92 Å². The summed E-state index contributed by atoms with van der Waals surface area (Å²) >= 11 is 0. The highest BCUT2D eigenvalue weighted by Gasteiger charge is 2.19. The van der Waals surface area contributed by atoms with E-state index in [1.54, 1.807) is 0 Å². The van der Waals surface area contributed by atoms with Gasteiger partial charge in [0, 0.05) is 19.3 Å². The SMILES string of the molecule is CCCCCCCCCCCCCCCCC(=O)OC[C@H](COC(=O)CCCCCCCCCCCCCCC(C)C)OC(=O)CCCCCCCCCCCCCC. The first-order chi connectivity index (χ1) is 28.9. The molecule has 0 N–H and O–H groups in total. The third-order valence-electron chi connectivity index (χ3n) is 12.0. The fourth-order valence-corrected chi connectivity index (χ4v) is 8.04. The quantitative estimate of drug-likeness (QED) is 0.0345. The Balaban J connectivity index is 4.30. The molecule has 6 heteroatoms. The number of hydrogen-bond donors (Lipinski definition) is 0. The minimum Gasteiger partial charge on any atom is -0.462 e. The summed E-state index contributed by atoms with van der Waals surface area (Å²) in [5.74, 6) is -0.00855. The normalized spacial score (nSPS) is 11.9. The van der Waals surface area contributed by atoms with Gasteiger partial charge in [-0.1, -0.05) is 259 Å². The summed E-state index contributed by atoms with van der Waals surface area (Å²) in [5, 5.41) is 0. The molecular formula is C53H102O6. The summed E-state index contributed by atoms with van der Waals surface area (Å²) in [4.78, 5) is 37.9. The highest BCUT2D eigenvalue weighted by atomic mass is 16.6. The fraction of sp³-hybridized carbons (Fsp3) is 0.943. The number of hydrogen-bond acceptors (Lipinski definition) is 6. The number of ether oxygens (including phenoxy) is 3. The van der Waals surface area contributed by atoms with E-state index in [1.165, 1.54) is 193 Å². The standard InChI is InChI=1S/C53H102O6/c1-5-7-9-11-13-15-17-19-20-25-28-32-36-40-44-51(54)57-47-50(59-53(56)46-42-38-34-30-24-18-16-14-12-10-8-6-2)48-58-52(55)45-41-37-33-29-26-22-21-23-27-31-35-39-43-49(3)4/h49-50H,5-48H2,1-4H3/t50-/m1/s1. The Morgan fingerprint density at radius 3 is 0.831 bits per heavy atom. The van der Waals surface area contributed by atoms with Crippen LogP contribution in [-0.2, 0) is 28.6 Å². The van der Waals surface area contributed by atoms with Crippen molar-refractivity contribution in [3.63, 3.8) is 0 Å². The fourth-order valence-electron chi connectivity index (χ4n) is 8.04. The van der Waals surface area contributed by atoms with Crippen LogP contribution in [0.15, 0.2) is 0 Å². The van der Waals surface area contributed by atoms with E-state index in [2.05, 4.69) is 27.7 Å². The van der Waals surface area contributed by atoms with E-state index >= 15 is 0 Å². The average molecular weight is 835 g/mol. The summed E-state index contributed by atoms with van der Waals surface area (Å²) in [6, 6.07) is 0. The molecule has 0 unspecified atom stereocenters.